The predicted octanol–water partition coefficient (Wildman–Crippen LogP) is 0.723. The number of carbonyl (C=O) groups is 2. The molecule has 1 heterocycles. The predicted molar refractivity (Wildman–Crippen MR) is 75.4 cm³/mol. The molecule has 0 aromatic carbocycles. The molecule has 0 spiro atoms. The number of methoxy groups -OCH3 is 1. The van der Waals surface area contributed by atoms with Gasteiger partial charge in [0.15, 0.2) is 0 Å². The summed E-state index contributed by atoms with van der Waals surface area (Å²) >= 11 is 0. The number of rotatable bonds is 6. The van der Waals surface area contributed by atoms with Crippen LogP contribution in [0.5, 0.6) is 0 Å². The summed E-state index contributed by atoms with van der Waals surface area (Å²) in [4.78, 5) is 25.8. The molecule has 2 rings (SSSR count). The number of piperidine rings is 1. The van der Waals surface area contributed by atoms with E-state index in [0.29, 0.717) is 25.7 Å². The SMILES string of the molecule is COCCCNC(=O)C1CCCN(C(=O)NC2CC2)C1. The van der Waals surface area contributed by atoms with Gasteiger partial charge in [-0.15, -0.1) is 0 Å². The van der Waals surface area contributed by atoms with Crippen molar-refractivity contribution in [2.75, 3.05) is 33.4 Å². The van der Waals surface area contributed by atoms with Gasteiger partial charge in [0, 0.05) is 39.4 Å². The molecule has 0 aromatic rings. The number of hydrogen-bond acceptors (Lipinski definition) is 3. The van der Waals surface area contributed by atoms with Gasteiger partial charge in [-0.05, 0) is 32.1 Å². The molecule has 114 valence electrons. The highest BCUT2D eigenvalue weighted by molar-refractivity contribution is 5.81. The van der Waals surface area contributed by atoms with Gasteiger partial charge in [-0.1, -0.05) is 0 Å². The van der Waals surface area contributed by atoms with Gasteiger partial charge in [-0.3, -0.25) is 4.79 Å². The Kier molecular flexibility index (Phi) is 5.64. The van der Waals surface area contributed by atoms with E-state index >= 15 is 0 Å². The Morgan fingerprint density at radius 2 is 2.10 bits per heavy atom. The number of carbonyl (C=O) groups excluding carboxylic acids is 2. The van der Waals surface area contributed by atoms with Gasteiger partial charge in [0.1, 0.15) is 0 Å². The van der Waals surface area contributed by atoms with E-state index in [0.717, 1.165) is 38.6 Å². The number of nitrogens with one attached hydrogen (secondary N) is 2. The first-order valence-corrected chi connectivity index (χ1v) is 7.53. The van der Waals surface area contributed by atoms with Gasteiger partial charge in [0.05, 0.1) is 5.92 Å². The van der Waals surface area contributed by atoms with Gasteiger partial charge >= 0.3 is 6.03 Å². The zero-order chi connectivity index (χ0) is 14.4. The maximum atomic E-state index is 12.1. The maximum absolute atomic E-state index is 12.1. The molecule has 2 aliphatic rings. The van der Waals surface area contributed by atoms with Gasteiger partial charge in [0.2, 0.25) is 5.91 Å². The summed E-state index contributed by atoms with van der Waals surface area (Å²) in [5.41, 5.74) is 0. The summed E-state index contributed by atoms with van der Waals surface area (Å²) < 4.78 is 4.95. The summed E-state index contributed by atoms with van der Waals surface area (Å²) in [7, 11) is 1.65. The zero-order valence-corrected chi connectivity index (χ0v) is 12.2. The van der Waals surface area contributed by atoms with Crippen molar-refractivity contribution >= 4 is 11.9 Å². The number of nitrogens with zero attached hydrogens (tertiary/aromatic N) is 1. The van der Waals surface area contributed by atoms with Crippen LogP contribution in [0.15, 0.2) is 0 Å². The highest BCUT2D eigenvalue weighted by Gasteiger charge is 2.31. The molecule has 6 nitrogen and oxygen atoms in total. The van der Waals surface area contributed by atoms with Crippen LogP contribution in [0.1, 0.15) is 32.1 Å². The zero-order valence-electron chi connectivity index (χ0n) is 12.2. The maximum Gasteiger partial charge on any atom is 0.317 e. The van der Waals surface area contributed by atoms with Gasteiger partial charge in [-0.2, -0.15) is 0 Å². The summed E-state index contributed by atoms with van der Waals surface area (Å²) in [6, 6.07) is 0.357. The third-order valence-electron chi connectivity index (χ3n) is 3.81. The highest BCUT2D eigenvalue weighted by Crippen LogP contribution is 2.21. The third kappa shape index (κ3) is 4.67. The molecule has 1 saturated carbocycles. The summed E-state index contributed by atoms with van der Waals surface area (Å²) in [6.07, 6.45) is 4.75. The summed E-state index contributed by atoms with van der Waals surface area (Å²) in [5, 5.41) is 5.90. The van der Waals surface area contributed by atoms with E-state index in [1.807, 2.05) is 0 Å². The van der Waals surface area contributed by atoms with E-state index in [1.165, 1.54) is 0 Å². The lowest BCUT2D eigenvalue weighted by Crippen LogP contribution is -2.49. The molecule has 0 aromatic heterocycles. The van der Waals surface area contributed by atoms with Gasteiger partial charge in [0.25, 0.3) is 0 Å². The second-order valence-corrected chi connectivity index (χ2v) is 5.65. The topological polar surface area (TPSA) is 70.7 Å². The van der Waals surface area contributed by atoms with Crippen molar-refractivity contribution in [2.45, 2.75) is 38.1 Å². The Hall–Kier alpha value is -1.30. The van der Waals surface area contributed by atoms with Crippen LogP contribution < -0.4 is 10.6 Å². The fourth-order valence-electron chi connectivity index (χ4n) is 2.44. The number of amides is 3. The van der Waals surface area contributed by atoms with Crippen LogP contribution in [0.2, 0.25) is 0 Å². The Labute approximate surface area is 120 Å². The third-order valence-corrected chi connectivity index (χ3v) is 3.81. The highest BCUT2D eigenvalue weighted by atomic mass is 16.5. The lowest BCUT2D eigenvalue weighted by molar-refractivity contribution is -0.126. The van der Waals surface area contributed by atoms with E-state index in [-0.39, 0.29) is 17.9 Å². The number of likely N-dealkylation sites (tertiary alicyclic amines) is 1. The van der Waals surface area contributed by atoms with Crippen molar-refractivity contribution in [3.63, 3.8) is 0 Å². The molecular weight excluding hydrogens is 258 g/mol. The quantitative estimate of drug-likeness (QED) is 0.706. The first-order chi connectivity index (χ1) is 9.70. The summed E-state index contributed by atoms with van der Waals surface area (Å²) in [6.45, 7) is 2.58. The number of hydrogen-bond donors (Lipinski definition) is 2. The molecule has 1 aliphatic carbocycles. The fourth-order valence-corrected chi connectivity index (χ4v) is 2.44. The lowest BCUT2D eigenvalue weighted by Gasteiger charge is -2.32. The van der Waals surface area contributed by atoms with Crippen LogP contribution in [-0.2, 0) is 9.53 Å². The molecular formula is C14H25N3O3. The van der Waals surface area contributed by atoms with Crippen LogP contribution in [-0.4, -0.2) is 56.2 Å². The molecule has 0 radical (unpaired) electrons. The monoisotopic (exact) mass is 283 g/mol. The first-order valence-electron chi connectivity index (χ1n) is 7.53. The van der Waals surface area contributed by atoms with Crippen LogP contribution in [0.4, 0.5) is 4.79 Å². The van der Waals surface area contributed by atoms with E-state index in [4.69, 9.17) is 4.74 Å². The Balaban J connectivity index is 1.71. The molecule has 0 bridgehead atoms. The normalized spacial score (nSPS) is 22.4. The van der Waals surface area contributed by atoms with E-state index in [9.17, 15) is 9.59 Å². The minimum atomic E-state index is -0.0729. The molecule has 2 fully saturated rings. The smallest absolute Gasteiger partial charge is 0.317 e. The molecule has 3 amide bonds. The van der Waals surface area contributed by atoms with E-state index in [1.54, 1.807) is 12.0 Å². The molecule has 2 N–H and O–H groups in total. The van der Waals surface area contributed by atoms with Crippen molar-refractivity contribution in [1.82, 2.24) is 15.5 Å². The van der Waals surface area contributed by atoms with Crippen molar-refractivity contribution in [1.29, 1.82) is 0 Å². The van der Waals surface area contributed by atoms with Crippen molar-refractivity contribution in [3.8, 4) is 0 Å². The van der Waals surface area contributed by atoms with Gasteiger partial charge < -0.3 is 20.3 Å². The standard InChI is InChI=1S/C14H25N3O3/c1-20-9-3-7-15-13(18)11-4-2-8-17(10-11)14(19)16-12-5-6-12/h11-12H,2-10H2,1H3,(H,15,18)(H,16,19). The second-order valence-electron chi connectivity index (χ2n) is 5.65. The second kappa shape index (κ2) is 7.47. The average molecular weight is 283 g/mol. The summed E-state index contributed by atoms with van der Waals surface area (Å²) in [5.74, 6) is -0.0127. The van der Waals surface area contributed by atoms with Crippen LogP contribution in [0.25, 0.3) is 0 Å². The van der Waals surface area contributed by atoms with Crippen molar-refractivity contribution in [3.05, 3.63) is 0 Å². The van der Waals surface area contributed by atoms with Crippen LogP contribution in [0, 0.1) is 5.92 Å². The van der Waals surface area contributed by atoms with E-state index < -0.39 is 0 Å². The van der Waals surface area contributed by atoms with E-state index in [2.05, 4.69) is 10.6 Å². The Morgan fingerprint density at radius 1 is 1.30 bits per heavy atom. The number of ether oxygens (including phenoxy) is 1. The molecule has 1 unspecified atom stereocenters. The lowest BCUT2D eigenvalue weighted by atomic mass is 9.97. The molecule has 1 saturated heterocycles. The average Bonchev–Trinajstić information content (AvgIpc) is 3.27. The number of urea groups is 1. The molecule has 1 aliphatic heterocycles. The fraction of sp³-hybridized carbons (Fsp3) is 0.857. The molecule has 6 heteroatoms. The molecule has 20 heavy (non-hydrogen) atoms. The first kappa shape index (κ1) is 15.1. The Bertz CT molecular complexity index is 345. The Morgan fingerprint density at radius 3 is 2.80 bits per heavy atom. The minimum Gasteiger partial charge on any atom is -0.385 e. The van der Waals surface area contributed by atoms with Crippen LogP contribution >= 0.6 is 0 Å². The van der Waals surface area contributed by atoms with Crippen molar-refractivity contribution in [2.24, 2.45) is 5.92 Å². The van der Waals surface area contributed by atoms with Crippen molar-refractivity contribution < 1.29 is 14.3 Å². The van der Waals surface area contributed by atoms with Gasteiger partial charge in [-0.25, -0.2) is 4.79 Å². The minimum absolute atomic E-state index is 0.00983. The van der Waals surface area contributed by atoms with Crippen LogP contribution in [0.3, 0.4) is 0 Å². The largest absolute Gasteiger partial charge is 0.385 e. The molecule has 1 atom stereocenters.